The summed E-state index contributed by atoms with van der Waals surface area (Å²) < 4.78 is 10.8. The first-order chi connectivity index (χ1) is 12.1. The maximum atomic E-state index is 12.5. The third kappa shape index (κ3) is 4.22. The van der Waals surface area contributed by atoms with Crippen LogP contribution in [0.5, 0.6) is 0 Å². The molecule has 0 aromatic heterocycles. The average Bonchev–Trinajstić information content (AvgIpc) is 2.64. The number of aryl methyl sites for hydroxylation is 1. The fourth-order valence-corrected chi connectivity index (χ4v) is 4.16. The van der Waals surface area contributed by atoms with Gasteiger partial charge in [0.1, 0.15) is 6.04 Å². The number of hydrogen-bond donors (Lipinski definition) is 0. The lowest BCUT2D eigenvalue weighted by atomic mass is 9.95. The summed E-state index contributed by atoms with van der Waals surface area (Å²) in [6.07, 6.45) is 2.50. The Bertz CT molecular complexity index is 584. The zero-order valence-corrected chi connectivity index (χ0v) is 15.6. The molecule has 2 aliphatic heterocycles. The van der Waals surface area contributed by atoms with Crippen molar-refractivity contribution in [2.45, 2.75) is 44.9 Å². The number of nitrogens with zero attached hydrogens (tertiary/aromatic N) is 2. The van der Waals surface area contributed by atoms with E-state index in [0.717, 1.165) is 56.8 Å². The molecule has 2 atom stereocenters. The van der Waals surface area contributed by atoms with Crippen LogP contribution in [0.2, 0.25) is 0 Å². The van der Waals surface area contributed by atoms with Gasteiger partial charge in [0.2, 0.25) is 0 Å². The van der Waals surface area contributed by atoms with Crippen molar-refractivity contribution in [3.63, 3.8) is 0 Å². The van der Waals surface area contributed by atoms with E-state index in [1.54, 1.807) is 0 Å². The van der Waals surface area contributed by atoms with Crippen LogP contribution in [-0.4, -0.2) is 67.8 Å². The van der Waals surface area contributed by atoms with E-state index >= 15 is 0 Å². The lowest BCUT2D eigenvalue weighted by Gasteiger charge is -2.43. The van der Waals surface area contributed by atoms with E-state index < -0.39 is 0 Å². The Hall–Kier alpha value is -1.43. The molecule has 1 aromatic carbocycles. The number of ether oxygens (including phenoxy) is 2. The van der Waals surface area contributed by atoms with Gasteiger partial charge in [-0.2, -0.15) is 0 Å². The van der Waals surface area contributed by atoms with Crippen LogP contribution in [0.15, 0.2) is 24.3 Å². The number of morpholine rings is 1. The molecule has 0 radical (unpaired) electrons. The van der Waals surface area contributed by atoms with Crippen molar-refractivity contribution >= 4 is 5.97 Å². The summed E-state index contributed by atoms with van der Waals surface area (Å²) in [7, 11) is 1.48. The minimum Gasteiger partial charge on any atom is -0.468 e. The van der Waals surface area contributed by atoms with E-state index in [1.165, 1.54) is 7.11 Å². The predicted molar refractivity (Wildman–Crippen MR) is 97.5 cm³/mol. The molecule has 3 rings (SSSR count). The highest BCUT2D eigenvalue weighted by Crippen LogP contribution is 2.29. The van der Waals surface area contributed by atoms with Crippen LogP contribution < -0.4 is 0 Å². The molecular weight excluding hydrogens is 316 g/mol. The van der Waals surface area contributed by atoms with Gasteiger partial charge in [-0.05, 0) is 37.8 Å². The summed E-state index contributed by atoms with van der Waals surface area (Å²) in [5.41, 5.74) is 2.20. The summed E-state index contributed by atoms with van der Waals surface area (Å²) >= 11 is 0. The molecule has 5 heteroatoms. The molecular formula is C20H30N2O3. The number of benzene rings is 1. The van der Waals surface area contributed by atoms with E-state index in [9.17, 15) is 4.79 Å². The first-order valence-electron chi connectivity index (χ1n) is 9.33. The van der Waals surface area contributed by atoms with Crippen LogP contribution in [0.25, 0.3) is 0 Å². The molecule has 0 N–H and O–H groups in total. The highest BCUT2D eigenvalue weighted by atomic mass is 16.5. The fourth-order valence-electron chi connectivity index (χ4n) is 4.16. The van der Waals surface area contributed by atoms with Gasteiger partial charge in [0.25, 0.3) is 0 Å². The molecule has 2 saturated heterocycles. The van der Waals surface area contributed by atoms with Gasteiger partial charge in [-0.3, -0.25) is 9.80 Å². The van der Waals surface area contributed by atoms with Crippen LogP contribution in [0.1, 0.15) is 36.9 Å². The Labute approximate surface area is 150 Å². The maximum Gasteiger partial charge on any atom is 0.327 e. The third-order valence-corrected chi connectivity index (χ3v) is 5.56. The predicted octanol–water partition coefficient (Wildman–Crippen LogP) is 2.39. The van der Waals surface area contributed by atoms with Gasteiger partial charge in [0.15, 0.2) is 0 Å². The lowest BCUT2D eigenvalue weighted by molar-refractivity contribution is -0.148. The minimum atomic E-state index is -0.296. The molecule has 0 unspecified atom stereocenters. The molecule has 1 aromatic rings. The Kier molecular flexibility index (Phi) is 6.10. The zero-order valence-electron chi connectivity index (χ0n) is 15.6. The first kappa shape index (κ1) is 18.4. The molecule has 0 aliphatic carbocycles. The number of esters is 1. The van der Waals surface area contributed by atoms with Gasteiger partial charge >= 0.3 is 5.97 Å². The summed E-state index contributed by atoms with van der Waals surface area (Å²) in [5.74, 6) is -0.159. The Balaban J connectivity index is 1.68. The number of hydrogen-bond acceptors (Lipinski definition) is 5. The molecule has 0 spiro atoms. The number of rotatable bonds is 4. The molecule has 138 valence electrons. The average molecular weight is 346 g/mol. The number of carbonyl (C=O) groups excluding carboxylic acids is 1. The summed E-state index contributed by atoms with van der Waals surface area (Å²) in [6.45, 7) is 8.92. The lowest BCUT2D eigenvalue weighted by Crippen LogP contribution is -2.52. The molecule has 0 bridgehead atoms. The number of likely N-dealkylation sites (tertiary alicyclic amines) is 1. The molecule has 2 heterocycles. The second-order valence-corrected chi connectivity index (χ2v) is 7.23. The monoisotopic (exact) mass is 346 g/mol. The van der Waals surface area contributed by atoms with Crippen molar-refractivity contribution in [2.24, 2.45) is 0 Å². The molecule has 0 saturated carbocycles. The Morgan fingerprint density at radius 2 is 1.96 bits per heavy atom. The number of piperidine rings is 1. The number of methoxy groups -OCH3 is 1. The van der Waals surface area contributed by atoms with E-state index in [4.69, 9.17) is 9.47 Å². The van der Waals surface area contributed by atoms with Gasteiger partial charge in [-0.1, -0.05) is 24.3 Å². The number of carbonyl (C=O) groups is 1. The summed E-state index contributed by atoms with van der Waals surface area (Å²) in [5, 5.41) is 0. The molecule has 0 amide bonds. The first-order valence-corrected chi connectivity index (χ1v) is 9.33. The molecule has 2 aliphatic rings. The SMILES string of the molecule is COC(=O)[C@@H](c1ccccc1C)N1CCC(N2CCO[C@H](C)C2)CC1. The highest BCUT2D eigenvalue weighted by Gasteiger charge is 2.34. The Morgan fingerprint density at radius 1 is 1.24 bits per heavy atom. The van der Waals surface area contributed by atoms with Crippen molar-refractivity contribution in [2.75, 3.05) is 39.9 Å². The van der Waals surface area contributed by atoms with Gasteiger partial charge in [-0.25, -0.2) is 4.79 Å². The van der Waals surface area contributed by atoms with Crippen LogP contribution >= 0.6 is 0 Å². The topological polar surface area (TPSA) is 42.0 Å². The minimum absolute atomic E-state index is 0.159. The third-order valence-electron chi connectivity index (χ3n) is 5.56. The standard InChI is InChI=1S/C20H30N2O3/c1-15-6-4-5-7-18(15)19(20(23)24-3)21-10-8-17(9-11-21)22-12-13-25-16(2)14-22/h4-7,16-17,19H,8-14H2,1-3H3/t16-,19-/m1/s1. The quantitative estimate of drug-likeness (QED) is 0.783. The second-order valence-electron chi connectivity index (χ2n) is 7.23. The Morgan fingerprint density at radius 3 is 2.60 bits per heavy atom. The van der Waals surface area contributed by atoms with Crippen molar-refractivity contribution in [1.29, 1.82) is 0 Å². The fraction of sp³-hybridized carbons (Fsp3) is 0.650. The van der Waals surface area contributed by atoms with E-state index in [0.29, 0.717) is 12.1 Å². The van der Waals surface area contributed by atoms with Crippen molar-refractivity contribution in [3.8, 4) is 0 Å². The van der Waals surface area contributed by atoms with Crippen LogP contribution in [0.4, 0.5) is 0 Å². The van der Waals surface area contributed by atoms with E-state index in [1.807, 2.05) is 18.2 Å². The zero-order chi connectivity index (χ0) is 17.8. The summed E-state index contributed by atoms with van der Waals surface area (Å²) in [6, 6.07) is 8.42. The second kappa shape index (κ2) is 8.30. The summed E-state index contributed by atoms with van der Waals surface area (Å²) in [4.78, 5) is 17.3. The molecule has 25 heavy (non-hydrogen) atoms. The van der Waals surface area contributed by atoms with Gasteiger partial charge in [0.05, 0.1) is 19.8 Å². The van der Waals surface area contributed by atoms with Crippen LogP contribution in [0.3, 0.4) is 0 Å². The van der Waals surface area contributed by atoms with Crippen molar-refractivity contribution < 1.29 is 14.3 Å². The normalized spacial score (nSPS) is 24.8. The van der Waals surface area contributed by atoms with E-state index in [2.05, 4.69) is 29.7 Å². The van der Waals surface area contributed by atoms with Crippen molar-refractivity contribution in [3.05, 3.63) is 35.4 Å². The van der Waals surface area contributed by atoms with Gasteiger partial charge in [0, 0.05) is 32.2 Å². The van der Waals surface area contributed by atoms with Crippen molar-refractivity contribution in [1.82, 2.24) is 9.80 Å². The molecule has 5 nitrogen and oxygen atoms in total. The van der Waals surface area contributed by atoms with Gasteiger partial charge < -0.3 is 9.47 Å². The highest BCUT2D eigenvalue weighted by molar-refractivity contribution is 5.78. The largest absolute Gasteiger partial charge is 0.468 e. The van der Waals surface area contributed by atoms with Gasteiger partial charge in [-0.15, -0.1) is 0 Å². The van der Waals surface area contributed by atoms with Crippen LogP contribution in [-0.2, 0) is 14.3 Å². The smallest absolute Gasteiger partial charge is 0.327 e. The maximum absolute atomic E-state index is 12.5. The van der Waals surface area contributed by atoms with Crippen LogP contribution in [0, 0.1) is 6.92 Å². The molecule has 2 fully saturated rings. The van der Waals surface area contributed by atoms with E-state index in [-0.39, 0.29) is 12.0 Å².